The summed E-state index contributed by atoms with van der Waals surface area (Å²) in [5.41, 5.74) is 1.34. The lowest BCUT2D eigenvalue weighted by Crippen LogP contribution is -2.13. The molecule has 22 heavy (non-hydrogen) atoms. The zero-order chi connectivity index (χ0) is 16.3. The highest BCUT2D eigenvalue weighted by molar-refractivity contribution is 7.11. The molecule has 0 aliphatic carbocycles. The molecule has 1 N–H and O–H groups in total. The SMILES string of the molecule is Cc1c(C(=O)Nc2ccc(OCC(C)C)cc2)sc(=O)n1C. The van der Waals surface area contributed by atoms with E-state index in [2.05, 4.69) is 19.2 Å². The number of hydrogen-bond donors (Lipinski definition) is 1. The van der Waals surface area contributed by atoms with Crippen LogP contribution in [0.3, 0.4) is 0 Å². The first kappa shape index (κ1) is 16.3. The highest BCUT2D eigenvalue weighted by Crippen LogP contribution is 2.18. The Bertz CT molecular complexity index is 714. The van der Waals surface area contributed by atoms with Crippen molar-refractivity contribution in [2.45, 2.75) is 20.8 Å². The Hall–Kier alpha value is -2.08. The average Bonchev–Trinajstić information content (AvgIpc) is 2.74. The average molecular weight is 320 g/mol. The maximum Gasteiger partial charge on any atom is 0.307 e. The fraction of sp³-hybridized carbons (Fsp3) is 0.375. The van der Waals surface area contributed by atoms with E-state index < -0.39 is 0 Å². The van der Waals surface area contributed by atoms with Gasteiger partial charge in [-0.1, -0.05) is 25.2 Å². The van der Waals surface area contributed by atoms with Gasteiger partial charge in [-0.15, -0.1) is 0 Å². The van der Waals surface area contributed by atoms with E-state index in [0.717, 1.165) is 17.1 Å². The number of aromatic nitrogens is 1. The quantitative estimate of drug-likeness (QED) is 0.921. The molecule has 5 nitrogen and oxygen atoms in total. The van der Waals surface area contributed by atoms with Gasteiger partial charge in [0.25, 0.3) is 5.91 Å². The minimum absolute atomic E-state index is 0.139. The summed E-state index contributed by atoms with van der Waals surface area (Å²) in [7, 11) is 1.66. The number of thiazole rings is 1. The van der Waals surface area contributed by atoms with E-state index in [1.807, 2.05) is 12.1 Å². The van der Waals surface area contributed by atoms with Crippen molar-refractivity contribution >= 4 is 22.9 Å². The third-order valence-corrected chi connectivity index (χ3v) is 4.33. The Morgan fingerprint density at radius 1 is 1.32 bits per heavy atom. The second-order valence-corrected chi connectivity index (χ2v) is 6.49. The van der Waals surface area contributed by atoms with Crippen molar-refractivity contribution in [1.29, 1.82) is 0 Å². The van der Waals surface area contributed by atoms with Crippen LogP contribution < -0.4 is 14.9 Å². The molecule has 0 spiro atoms. The van der Waals surface area contributed by atoms with Crippen molar-refractivity contribution in [2.75, 3.05) is 11.9 Å². The second-order valence-electron chi connectivity index (χ2n) is 5.52. The van der Waals surface area contributed by atoms with Crippen LogP contribution in [0.5, 0.6) is 5.75 Å². The molecule has 0 aliphatic rings. The molecule has 0 radical (unpaired) electrons. The first-order valence-electron chi connectivity index (χ1n) is 7.09. The van der Waals surface area contributed by atoms with Gasteiger partial charge in [-0.3, -0.25) is 9.59 Å². The highest BCUT2D eigenvalue weighted by atomic mass is 32.1. The number of anilines is 1. The smallest absolute Gasteiger partial charge is 0.307 e. The van der Waals surface area contributed by atoms with Crippen molar-refractivity contribution in [2.24, 2.45) is 13.0 Å². The Kier molecular flexibility index (Phi) is 5.03. The van der Waals surface area contributed by atoms with E-state index in [4.69, 9.17) is 4.74 Å². The Labute approximate surface area is 133 Å². The summed E-state index contributed by atoms with van der Waals surface area (Å²) in [5.74, 6) is 0.964. The number of carbonyl (C=O) groups is 1. The van der Waals surface area contributed by atoms with E-state index in [1.54, 1.807) is 26.1 Å². The van der Waals surface area contributed by atoms with Crippen molar-refractivity contribution in [1.82, 2.24) is 4.57 Å². The van der Waals surface area contributed by atoms with Gasteiger partial charge in [-0.05, 0) is 37.1 Å². The van der Waals surface area contributed by atoms with E-state index >= 15 is 0 Å². The molecule has 1 aromatic heterocycles. The minimum atomic E-state index is -0.268. The third kappa shape index (κ3) is 3.76. The van der Waals surface area contributed by atoms with Crippen LogP contribution in [-0.2, 0) is 7.05 Å². The monoisotopic (exact) mass is 320 g/mol. The molecule has 1 amide bonds. The maximum absolute atomic E-state index is 12.2. The van der Waals surface area contributed by atoms with Gasteiger partial charge < -0.3 is 14.6 Å². The third-order valence-electron chi connectivity index (χ3n) is 3.20. The molecule has 0 unspecified atom stereocenters. The Morgan fingerprint density at radius 3 is 2.45 bits per heavy atom. The molecule has 0 aliphatic heterocycles. The van der Waals surface area contributed by atoms with Gasteiger partial charge >= 0.3 is 4.87 Å². The maximum atomic E-state index is 12.2. The predicted octanol–water partition coefficient (Wildman–Crippen LogP) is 3.04. The lowest BCUT2D eigenvalue weighted by Gasteiger charge is -2.09. The van der Waals surface area contributed by atoms with Crippen molar-refractivity contribution in [3.8, 4) is 5.75 Å². The number of nitrogens with one attached hydrogen (secondary N) is 1. The summed E-state index contributed by atoms with van der Waals surface area (Å²) in [6.07, 6.45) is 0. The molecule has 0 saturated heterocycles. The van der Waals surface area contributed by atoms with Gasteiger partial charge in [-0.25, -0.2) is 0 Å². The minimum Gasteiger partial charge on any atom is -0.493 e. The van der Waals surface area contributed by atoms with Gasteiger partial charge in [0.15, 0.2) is 0 Å². The zero-order valence-corrected chi connectivity index (χ0v) is 14.0. The first-order chi connectivity index (χ1) is 10.4. The van der Waals surface area contributed by atoms with E-state index in [9.17, 15) is 9.59 Å². The summed E-state index contributed by atoms with van der Waals surface area (Å²) in [5, 5.41) is 2.80. The van der Waals surface area contributed by atoms with E-state index in [-0.39, 0.29) is 10.8 Å². The van der Waals surface area contributed by atoms with Crippen molar-refractivity contribution in [3.05, 3.63) is 44.5 Å². The van der Waals surface area contributed by atoms with E-state index in [1.165, 1.54) is 4.57 Å². The molecule has 0 saturated carbocycles. The summed E-state index contributed by atoms with van der Waals surface area (Å²) < 4.78 is 7.07. The van der Waals surface area contributed by atoms with Gasteiger partial charge in [0.2, 0.25) is 0 Å². The van der Waals surface area contributed by atoms with Crippen LogP contribution in [0.25, 0.3) is 0 Å². The Morgan fingerprint density at radius 2 is 1.95 bits per heavy atom. The van der Waals surface area contributed by atoms with Crippen molar-refractivity contribution in [3.63, 3.8) is 0 Å². The molecular weight excluding hydrogens is 300 g/mol. The molecule has 0 fully saturated rings. The molecule has 0 bridgehead atoms. The first-order valence-corrected chi connectivity index (χ1v) is 7.90. The van der Waals surface area contributed by atoms with E-state index in [0.29, 0.717) is 28.8 Å². The van der Waals surface area contributed by atoms with Gasteiger partial charge in [0, 0.05) is 18.4 Å². The second kappa shape index (κ2) is 6.79. The lowest BCUT2D eigenvalue weighted by molar-refractivity contribution is 0.102. The molecular formula is C16H20N2O3S. The van der Waals surface area contributed by atoms with Crippen LogP contribution in [0, 0.1) is 12.8 Å². The Balaban J connectivity index is 2.05. The lowest BCUT2D eigenvalue weighted by atomic mass is 10.2. The largest absolute Gasteiger partial charge is 0.493 e. The van der Waals surface area contributed by atoms with Crippen LogP contribution in [0.2, 0.25) is 0 Å². The molecule has 2 rings (SSSR count). The number of hydrogen-bond acceptors (Lipinski definition) is 4. The highest BCUT2D eigenvalue weighted by Gasteiger charge is 2.15. The fourth-order valence-corrected chi connectivity index (χ4v) is 2.69. The van der Waals surface area contributed by atoms with Crippen molar-refractivity contribution < 1.29 is 9.53 Å². The number of rotatable bonds is 5. The van der Waals surface area contributed by atoms with Gasteiger partial charge in [0.05, 0.1) is 6.61 Å². The van der Waals surface area contributed by atoms with Crippen LogP contribution in [0.4, 0.5) is 5.69 Å². The summed E-state index contributed by atoms with van der Waals surface area (Å²) in [6, 6.07) is 7.21. The summed E-state index contributed by atoms with van der Waals surface area (Å²) >= 11 is 0.953. The molecule has 1 heterocycles. The molecule has 1 aromatic carbocycles. The predicted molar refractivity (Wildman–Crippen MR) is 89.0 cm³/mol. The van der Waals surface area contributed by atoms with Crippen LogP contribution in [0.1, 0.15) is 29.2 Å². The summed E-state index contributed by atoms with van der Waals surface area (Å²) in [4.78, 5) is 24.1. The normalized spacial score (nSPS) is 10.8. The van der Waals surface area contributed by atoms with Crippen LogP contribution in [0.15, 0.2) is 29.1 Å². The molecule has 0 atom stereocenters. The number of carbonyl (C=O) groups excluding carboxylic acids is 1. The number of nitrogens with zero attached hydrogens (tertiary/aromatic N) is 1. The molecule has 2 aromatic rings. The number of ether oxygens (including phenoxy) is 1. The van der Waals surface area contributed by atoms with Gasteiger partial charge in [0.1, 0.15) is 10.6 Å². The van der Waals surface area contributed by atoms with Gasteiger partial charge in [-0.2, -0.15) is 0 Å². The fourth-order valence-electron chi connectivity index (χ4n) is 1.81. The zero-order valence-electron chi connectivity index (χ0n) is 13.2. The van der Waals surface area contributed by atoms with Crippen LogP contribution in [-0.4, -0.2) is 17.1 Å². The standard InChI is InChI=1S/C16H20N2O3S/c1-10(2)9-21-13-7-5-12(6-8-13)17-15(19)14-11(3)18(4)16(20)22-14/h5-8,10H,9H2,1-4H3,(H,17,19). The topological polar surface area (TPSA) is 60.3 Å². The number of benzene rings is 1. The van der Waals surface area contributed by atoms with Crippen LogP contribution >= 0.6 is 11.3 Å². The molecule has 118 valence electrons. The number of amides is 1. The molecule has 6 heteroatoms. The summed E-state index contributed by atoms with van der Waals surface area (Å²) in [6.45, 7) is 6.59.